The third-order valence-electron chi connectivity index (χ3n) is 3.04. The van der Waals surface area contributed by atoms with Crippen molar-refractivity contribution in [2.24, 2.45) is 0 Å². The Bertz CT molecular complexity index is 881. The lowest BCUT2D eigenvalue weighted by Gasteiger charge is -2.02. The molecular weight excluding hydrogens is 503 g/mol. The number of nitrogens with zero attached hydrogens (tertiary/aromatic N) is 2. The maximum atomic E-state index is 12.0. The molecule has 0 saturated carbocycles. The number of thiazole rings is 2. The van der Waals surface area contributed by atoms with E-state index in [0.717, 1.165) is 14.8 Å². The van der Waals surface area contributed by atoms with Crippen molar-refractivity contribution in [1.82, 2.24) is 9.97 Å². The first-order chi connectivity index (χ1) is 12.6. The number of amides is 2. The van der Waals surface area contributed by atoms with Gasteiger partial charge in [-0.05, 0) is 34.7 Å². The van der Waals surface area contributed by atoms with Crippen LogP contribution in [-0.2, 0) is 9.59 Å². The van der Waals surface area contributed by atoms with E-state index in [-0.39, 0.29) is 23.3 Å². The molecule has 10 heteroatoms. The second-order valence-corrected chi connectivity index (χ2v) is 8.96. The predicted octanol–water partition coefficient (Wildman–Crippen LogP) is 4.18. The fourth-order valence-electron chi connectivity index (χ4n) is 1.92. The Labute approximate surface area is 176 Å². The first kappa shape index (κ1) is 19.3. The third-order valence-corrected chi connectivity index (χ3v) is 6.13. The van der Waals surface area contributed by atoms with Crippen LogP contribution in [0.3, 0.4) is 0 Å². The van der Waals surface area contributed by atoms with E-state index in [4.69, 9.17) is 0 Å². The molecule has 1 aromatic carbocycles. The maximum absolute atomic E-state index is 12.0. The fraction of sp³-hybridized carbons (Fsp3) is 0.125. The summed E-state index contributed by atoms with van der Waals surface area (Å²) in [5.41, 5.74) is 1.84. The van der Waals surface area contributed by atoms with E-state index in [0.29, 0.717) is 10.3 Å². The summed E-state index contributed by atoms with van der Waals surface area (Å²) in [6.07, 6.45) is 1.62. The Morgan fingerprint density at radius 3 is 2.38 bits per heavy atom. The van der Waals surface area contributed by atoms with Crippen molar-refractivity contribution in [1.29, 1.82) is 0 Å². The number of carbonyl (C=O) groups excluding carboxylic acids is 2. The Hall–Kier alpha value is -1.50. The first-order valence-corrected chi connectivity index (χ1v) is 11.4. The van der Waals surface area contributed by atoms with Gasteiger partial charge >= 0.3 is 0 Å². The predicted molar refractivity (Wildman–Crippen MR) is 117 cm³/mol. The molecule has 0 aliphatic carbocycles. The number of thioether (sulfide) groups is 1. The van der Waals surface area contributed by atoms with Gasteiger partial charge in [-0.15, -0.1) is 34.4 Å². The van der Waals surface area contributed by atoms with Gasteiger partial charge in [0.15, 0.2) is 10.3 Å². The Balaban J connectivity index is 1.43. The molecule has 26 heavy (non-hydrogen) atoms. The van der Waals surface area contributed by atoms with Crippen molar-refractivity contribution in [3.05, 3.63) is 44.8 Å². The summed E-state index contributed by atoms with van der Waals surface area (Å²) in [6, 6.07) is 8.03. The van der Waals surface area contributed by atoms with E-state index in [1.807, 2.05) is 29.6 Å². The molecule has 0 aliphatic rings. The van der Waals surface area contributed by atoms with Crippen LogP contribution in [-0.4, -0.2) is 33.3 Å². The zero-order chi connectivity index (χ0) is 18.4. The number of halogens is 1. The molecule has 0 radical (unpaired) electrons. The van der Waals surface area contributed by atoms with Gasteiger partial charge in [-0.1, -0.05) is 12.1 Å². The second-order valence-electron chi connectivity index (χ2n) is 4.97. The van der Waals surface area contributed by atoms with Crippen molar-refractivity contribution in [2.45, 2.75) is 0 Å². The molecule has 0 atom stereocenters. The van der Waals surface area contributed by atoms with Gasteiger partial charge in [-0.3, -0.25) is 9.59 Å². The summed E-state index contributed by atoms with van der Waals surface area (Å²) in [5.74, 6) is 0.0243. The van der Waals surface area contributed by atoms with Crippen molar-refractivity contribution in [3.8, 4) is 11.3 Å². The highest BCUT2D eigenvalue weighted by atomic mass is 127. The van der Waals surface area contributed by atoms with Crippen molar-refractivity contribution in [2.75, 3.05) is 22.1 Å². The molecule has 3 rings (SSSR count). The van der Waals surface area contributed by atoms with Gasteiger partial charge in [0, 0.05) is 26.1 Å². The molecule has 134 valence electrons. The molecule has 2 N–H and O–H groups in total. The molecule has 6 nitrogen and oxygen atoms in total. The van der Waals surface area contributed by atoms with Crippen LogP contribution in [0.15, 0.2) is 41.2 Å². The standard InChI is InChI=1S/C16H13IN4O2S3/c17-11-3-1-10(2-4-11)12-7-26-16(19-12)21-14(23)9-24-8-13(22)20-15-18-5-6-25-15/h1-7H,8-9H2,(H,18,20,22)(H,19,21,23). The van der Waals surface area contributed by atoms with Crippen LogP contribution in [0.2, 0.25) is 0 Å². The van der Waals surface area contributed by atoms with Gasteiger partial charge in [-0.2, -0.15) is 0 Å². The van der Waals surface area contributed by atoms with Crippen LogP contribution in [0.1, 0.15) is 0 Å². The lowest BCUT2D eigenvalue weighted by molar-refractivity contribution is -0.114. The summed E-state index contributed by atoms with van der Waals surface area (Å²) in [6.45, 7) is 0. The van der Waals surface area contributed by atoms with E-state index in [2.05, 4.69) is 43.2 Å². The van der Waals surface area contributed by atoms with Gasteiger partial charge in [0.25, 0.3) is 0 Å². The average Bonchev–Trinajstić information content (AvgIpc) is 3.27. The summed E-state index contributed by atoms with van der Waals surface area (Å²) in [4.78, 5) is 32.1. The van der Waals surface area contributed by atoms with Crippen molar-refractivity contribution in [3.63, 3.8) is 0 Å². The number of rotatable bonds is 7. The SMILES string of the molecule is O=C(CSCC(=O)Nc1nc(-c2ccc(I)cc2)cs1)Nc1nccs1. The van der Waals surface area contributed by atoms with Gasteiger partial charge in [0.1, 0.15) is 0 Å². The van der Waals surface area contributed by atoms with Crippen LogP contribution in [0.5, 0.6) is 0 Å². The number of anilines is 2. The molecule has 0 unspecified atom stereocenters. The van der Waals surface area contributed by atoms with Gasteiger partial charge in [0.2, 0.25) is 11.8 Å². The number of aromatic nitrogens is 2. The molecule has 2 heterocycles. The molecule has 0 fully saturated rings. The fourth-order valence-corrected chi connectivity index (χ4v) is 4.17. The van der Waals surface area contributed by atoms with E-state index in [1.54, 1.807) is 11.6 Å². The lowest BCUT2D eigenvalue weighted by atomic mass is 10.2. The van der Waals surface area contributed by atoms with Crippen LogP contribution in [0.25, 0.3) is 11.3 Å². The summed E-state index contributed by atoms with van der Waals surface area (Å²) < 4.78 is 1.16. The van der Waals surface area contributed by atoms with E-state index >= 15 is 0 Å². The van der Waals surface area contributed by atoms with Crippen LogP contribution < -0.4 is 10.6 Å². The zero-order valence-corrected chi connectivity index (χ0v) is 17.9. The van der Waals surface area contributed by atoms with E-state index in [9.17, 15) is 9.59 Å². The highest BCUT2D eigenvalue weighted by Crippen LogP contribution is 2.25. The number of hydrogen-bond donors (Lipinski definition) is 2. The number of benzene rings is 1. The molecule has 0 saturated heterocycles. The smallest absolute Gasteiger partial charge is 0.236 e. The summed E-state index contributed by atoms with van der Waals surface area (Å²) in [7, 11) is 0. The quantitative estimate of drug-likeness (QED) is 0.461. The largest absolute Gasteiger partial charge is 0.301 e. The highest BCUT2D eigenvalue weighted by molar-refractivity contribution is 14.1. The molecule has 0 bridgehead atoms. The minimum atomic E-state index is -0.180. The molecule has 2 aromatic heterocycles. The Kier molecular flexibility index (Phi) is 7.00. The minimum absolute atomic E-state index is 0.173. The molecular formula is C16H13IN4O2S3. The minimum Gasteiger partial charge on any atom is -0.301 e. The number of nitrogens with one attached hydrogen (secondary N) is 2. The van der Waals surface area contributed by atoms with Crippen LogP contribution >= 0.6 is 57.0 Å². The highest BCUT2D eigenvalue weighted by Gasteiger charge is 2.10. The van der Waals surface area contributed by atoms with Crippen molar-refractivity contribution < 1.29 is 9.59 Å². The number of hydrogen-bond acceptors (Lipinski definition) is 7. The van der Waals surface area contributed by atoms with E-state index in [1.165, 1.54) is 34.4 Å². The zero-order valence-electron chi connectivity index (χ0n) is 13.3. The first-order valence-electron chi connectivity index (χ1n) is 7.38. The Morgan fingerprint density at radius 2 is 1.73 bits per heavy atom. The second kappa shape index (κ2) is 9.44. The van der Waals surface area contributed by atoms with Gasteiger partial charge in [-0.25, -0.2) is 9.97 Å². The van der Waals surface area contributed by atoms with Gasteiger partial charge < -0.3 is 10.6 Å². The number of carbonyl (C=O) groups is 2. The topological polar surface area (TPSA) is 84.0 Å². The summed E-state index contributed by atoms with van der Waals surface area (Å²) in [5, 5.41) is 10.3. The van der Waals surface area contributed by atoms with Crippen molar-refractivity contribution >= 4 is 79.1 Å². The molecule has 0 spiro atoms. The molecule has 0 aliphatic heterocycles. The van der Waals surface area contributed by atoms with Crippen LogP contribution in [0.4, 0.5) is 10.3 Å². The maximum Gasteiger partial charge on any atom is 0.236 e. The average molecular weight is 516 g/mol. The third kappa shape index (κ3) is 5.76. The Morgan fingerprint density at radius 1 is 1.04 bits per heavy atom. The van der Waals surface area contributed by atoms with Gasteiger partial charge in [0.05, 0.1) is 17.2 Å². The molecule has 2 amide bonds. The van der Waals surface area contributed by atoms with E-state index < -0.39 is 0 Å². The van der Waals surface area contributed by atoms with Crippen LogP contribution in [0, 0.1) is 3.57 Å². The lowest BCUT2D eigenvalue weighted by Crippen LogP contribution is -2.18. The molecule has 3 aromatic rings. The summed E-state index contributed by atoms with van der Waals surface area (Å²) >= 11 is 6.23. The monoisotopic (exact) mass is 516 g/mol. The normalized spacial score (nSPS) is 10.5.